The van der Waals surface area contributed by atoms with Crippen LogP contribution in [0.1, 0.15) is 31.5 Å². The van der Waals surface area contributed by atoms with Gasteiger partial charge in [0.1, 0.15) is 0 Å². The lowest BCUT2D eigenvalue weighted by molar-refractivity contribution is 0.373. The molecule has 0 amide bonds. The summed E-state index contributed by atoms with van der Waals surface area (Å²) in [6.45, 7) is 0. The number of rotatable bonds is 2. The maximum Gasteiger partial charge on any atom is 0.268 e. The van der Waals surface area contributed by atoms with Crippen LogP contribution < -0.4 is 5.73 Å². The SMILES string of the molecule is Cl.NC1(c2noc(-c3ccc(Br)s3)n2)CCCC1. The number of thiophene rings is 1. The molecule has 1 aliphatic rings. The second-order valence-corrected chi connectivity index (χ2v) is 6.85. The van der Waals surface area contributed by atoms with Crippen molar-refractivity contribution in [3.63, 3.8) is 0 Å². The van der Waals surface area contributed by atoms with E-state index in [-0.39, 0.29) is 17.9 Å². The Morgan fingerprint density at radius 3 is 2.67 bits per heavy atom. The minimum atomic E-state index is -0.379. The largest absolute Gasteiger partial charge is 0.333 e. The van der Waals surface area contributed by atoms with Gasteiger partial charge in [-0.1, -0.05) is 18.0 Å². The van der Waals surface area contributed by atoms with Gasteiger partial charge in [0.15, 0.2) is 5.82 Å². The normalized spacial score (nSPS) is 17.7. The van der Waals surface area contributed by atoms with E-state index >= 15 is 0 Å². The molecule has 0 radical (unpaired) electrons. The first-order chi connectivity index (χ1) is 8.17. The fraction of sp³-hybridized carbons (Fsp3) is 0.455. The Labute approximate surface area is 123 Å². The molecule has 1 saturated carbocycles. The van der Waals surface area contributed by atoms with Crippen molar-refractivity contribution in [2.24, 2.45) is 5.73 Å². The summed E-state index contributed by atoms with van der Waals surface area (Å²) in [5.41, 5.74) is 5.91. The van der Waals surface area contributed by atoms with E-state index in [1.165, 1.54) is 0 Å². The van der Waals surface area contributed by atoms with Gasteiger partial charge in [-0.2, -0.15) is 4.98 Å². The van der Waals surface area contributed by atoms with Crippen LogP contribution in [-0.2, 0) is 5.54 Å². The summed E-state index contributed by atoms with van der Waals surface area (Å²) < 4.78 is 6.34. The van der Waals surface area contributed by atoms with E-state index < -0.39 is 0 Å². The van der Waals surface area contributed by atoms with Crippen molar-refractivity contribution < 1.29 is 4.52 Å². The molecule has 2 heterocycles. The molecule has 4 nitrogen and oxygen atoms in total. The minimum Gasteiger partial charge on any atom is -0.333 e. The van der Waals surface area contributed by atoms with Crippen LogP contribution in [-0.4, -0.2) is 10.1 Å². The Hall–Kier alpha value is -0.430. The summed E-state index contributed by atoms with van der Waals surface area (Å²) >= 11 is 4.99. The molecule has 2 aromatic heterocycles. The van der Waals surface area contributed by atoms with Crippen LogP contribution in [0, 0.1) is 0 Å². The standard InChI is InChI=1S/C11H12BrN3OS.ClH/c12-8-4-3-7(17-8)9-14-10(15-16-9)11(13)5-1-2-6-11;/h3-4H,1-2,5-6,13H2;1H. The van der Waals surface area contributed by atoms with Gasteiger partial charge in [0, 0.05) is 0 Å². The molecule has 1 fully saturated rings. The van der Waals surface area contributed by atoms with Gasteiger partial charge in [-0.25, -0.2) is 0 Å². The Bertz CT molecular complexity index is 536. The third-order valence-electron chi connectivity index (χ3n) is 3.15. The van der Waals surface area contributed by atoms with Crippen LogP contribution in [0.25, 0.3) is 10.8 Å². The highest BCUT2D eigenvalue weighted by Gasteiger charge is 2.36. The number of nitrogens with two attached hydrogens (primary N) is 1. The molecule has 0 atom stereocenters. The molecule has 2 N–H and O–H groups in total. The summed E-state index contributed by atoms with van der Waals surface area (Å²) in [6.07, 6.45) is 4.18. The fourth-order valence-electron chi connectivity index (χ4n) is 2.18. The van der Waals surface area contributed by atoms with E-state index in [2.05, 4.69) is 26.1 Å². The average Bonchev–Trinajstić information content (AvgIpc) is 2.96. The topological polar surface area (TPSA) is 64.9 Å². The maximum absolute atomic E-state index is 6.29. The van der Waals surface area contributed by atoms with E-state index in [9.17, 15) is 0 Å². The van der Waals surface area contributed by atoms with Gasteiger partial charge in [-0.05, 0) is 40.9 Å². The van der Waals surface area contributed by atoms with Crippen molar-refractivity contribution in [2.75, 3.05) is 0 Å². The minimum absolute atomic E-state index is 0. The highest BCUT2D eigenvalue weighted by atomic mass is 79.9. The van der Waals surface area contributed by atoms with Crippen molar-refractivity contribution in [1.82, 2.24) is 10.1 Å². The highest BCUT2D eigenvalue weighted by Crippen LogP contribution is 2.36. The molecular weight excluding hydrogens is 338 g/mol. The van der Waals surface area contributed by atoms with Gasteiger partial charge < -0.3 is 10.3 Å². The molecule has 98 valence electrons. The van der Waals surface area contributed by atoms with Crippen molar-refractivity contribution in [3.8, 4) is 10.8 Å². The number of hydrogen-bond donors (Lipinski definition) is 1. The number of nitrogens with zero attached hydrogens (tertiary/aromatic N) is 2. The quantitative estimate of drug-likeness (QED) is 0.896. The first-order valence-corrected chi connectivity index (χ1v) is 7.17. The molecule has 0 saturated heterocycles. The molecule has 18 heavy (non-hydrogen) atoms. The van der Waals surface area contributed by atoms with E-state index in [0.29, 0.717) is 11.7 Å². The van der Waals surface area contributed by atoms with Gasteiger partial charge in [0.2, 0.25) is 0 Å². The van der Waals surface area contributed by atoms with Gasteiger partial charge in [0.25, 0.3) is 5.89 Å². The lowest BCUT2D eigenvalue weighted by Gasteiger charge is -2.17. The maximum atomic E-state index is 6.29. The second kappa shape index (κ2) is 5.28. The first kappa shape index (κ1) is 14.0. The van der Waals surface area contributed by atoms with E-state index in [4.69, 9.17) is 10.3 Å². The zero-order valence-electron chi connectivity index (χ0n) is 9.56. The second-order valence-electron chi connectivity index (χ2n) is 4.39. The third kappa shape index (κ3) is 2.47. The van der Waals surface area contributed by atoms with Crippen LogP contribution in [0.4, 0.5) is 0 Å². The molecule has 0 spiro atoms. The molecule has 0 aromatic carbocycles. The van der Waals surface area contributed by atoms with Gasteiger partial charge in [-0.15, -0.1) is 23.7 Å². The highest BCUT2D eigenvalue weighted by molar-refractivity contribution is 9.11. The van der Waals surface area contributed by atoms with E-state index in [1.54, 1.807) is 11.3 Å². The molecule has 7 heteroatoms. The van der Waals surface area contributed by atoms with Crippen LogP contribution in [0.3, 0.4) is 0 Å². The van der Waals surface area contributed by atoms with E-state index in [0.717, 1.165) is 34.3 Å². The number of hydrogen-bond acceptors (Lipinski definition) is 5. The van der Waals surface area contributed by atoms with Gasteiger partial charge in [-0.3, -0.25) is 0 Å². The molecule has 1 aliphatic carbocycles. The van der Waals surface area contributed by atoms with Crippen LogP contribution in [0.15, 0.2) is 20.4 Å². The Kier molecular flexibility index (Phi) is 4.11. The molecule has 3 rings (SSSR count). The van der Waals surface area contributed by atoms with Crippen molar-refractivity contribution in [1.29, 1.82) is 0 Å². The molecule has 0 unspecified atom stereocenters. The summed E-state index contributed by atoms with van der Waals surface area (Å²) in [5, 5.41) is 4.04. The summed E-state index contributed by atoms with van der Waals surface area (Å²) in [7, 11) is 0. The predicted octanol–water partition coefficient (Wildman–Crippen LogP) is 3.71. The molecule has 0 bridgehead atoms. The third-order valence-corrected chi connectivity index (χ3v) is 4.76. The Morgan fingerprint density at radius 1 is 1.33 bits per heavy atom. The Morgan fingerprint density at radius 2 is 2.06 bits per heavy atom. The molecule has 0 aliphatic heterocycles. The summed E-state index contributed by atoms with van der Waals surface area (Å²) in [6, 6.07) is 3.93. The fourth-order valence-corrected chi connectivity index (χ4v) is 3.49. The predicted molar refractivity (Wildman–Crippen MR) is 76.9 cm³/mol. The zero-order valence-corrected chi connectivity index (χ0v) is 12.8. The van der Waals surface area contributed by atoms with Crippen molar-refractivity contribution in [2.45, 2.75) is 31.2 Å². The van der Waals surface area contributed by atoms with Crippen molar-refractivity contribution >= 4 is 39.7 Å². The molecule has 2 aromatic rings. The number of halogens is 2. The lowest BCUT2D eigenvalue weighted by Crippen LogP contribution is -2.34. The molecular formula is C11H13BrClN3OS. The van der Waals surface area contributed by atoms with E-state index in [1.807, 2.05) is 12.1 Å². The van der Waals surface area contributed by atoms with Crippen molar-refractivity contribution in [3.05, 3.63) is 21.7 Å². The smallest absolute Gasteiger partial charge is 0.268 e. The average molecular weight is 351 g/mol. The lowest BCUT2D eigenvalue weighted by atomic mass is 9.99. The number of aromatic nitrogens is 2. The van der Waals surface area contributed by atoms with Crippen LogP contribution >= 0.6 is 39.7 Å². The van der Waals surface area contributed by atoms with Gasteiger partial charge >= 0.3 is 0 Å². The van der Waals surface area contributed by atoms with Gasteiger partial charge in [0.05, 0.1) is 14.2 Å². The zero-order chi connectivity index (χ0) is 11.9. The van der Waals surface area contributed by atoms with Crippen LogP contribution in [0.5, 0.6) is 0 Å². The monoisotopic (exact) mass is 349 g/mol. The summed E-state index contributed by atoms with van der Waals surface area (Å²) in [4.78, 5) is 5.40. The Balaban J connectivity index is 0.00000120. The first-order valence-electron chi connectivity index (χ1n) is 5.56. The summed E-state index contributed by atoms with van der Waals surface area (Å²) in [5.74, 6) is 1.21. The van der Waals surface area contributed by atoms with Crippen LogP contribution in [0.2, 0.25) is 0 Å².